The van der Waals surface area contributed by atoms with Gasteiger partial charge in [-0.3, -0.25) is 9.78 Å². The van der Waals surface area contributed by atoms with E-state index >= 15 is 0 Å². The molecule has 1 amide bonds. The topological polar surface area (TPSA) is 54.5 Å². The molecule has 1 aromatic heterocycles. The summed E-state index contributed by atoms with van der Waals surface area (Å²) in [7, 11) is 4.18. The minimum absolute atomic E-state index is 0.0343. The molecule has 3 rings (SSSR count). The van der Waals surface area contributed by atoms with Gasteiger partial charge in [-0.2, -0.15) is 0 Å². The maximum atomic E-state index is 12.4. The Hall–Kier alpha value is -1.46. The van der Waals surface area contributed by atoms with Crippen LogP contribution in [0, 0.1) is 5.92 Å². The molecule has 5 heteroatoms. The first-order valence-corrected chi connectivity index (χ1v) is 8.05. The smallest absolute Gasteiger partial charge is 0.223 e. The molecule has 2 unspecified atom stereocenters. The zero-order valence-corrected chi connectivity index (χ0v) is 13.4. The number of amides is 1. The number of pyridine rings is 1. The van der Waals surface area contributed by atoms with Crippen LogP contribution in [0.1, 0.15) is 30.7 Å². The third-order valence-corrected chi connectivity index (χ3v) is 5.20. The number of hydrogen-bond acceptors (Lipinski definition) is 4. The second kappa shape index (κ2) is 6.34. The molecule has 0 radical (unpaired) electrons. The maximum Gasteiger partial charge on any atom is 0.223 e. The summed E-state index contributed by atoms with van der Waals surface area (Å²) in [6, 6.07) is 4.00. The molecule has 1 N–H and O–H groups in total. The van der Waals surface area contributed by atoms with Crippen LogP contribution in [0.5, 0.6) is 0 Å². The SMILES string of the molecule is CN(C)C1(CNC(=O)C2CC2c2cccnc2)CCOCC1. The van der Waals surface area contributed by atoms with Crippen molar-refractivity contribution >= 4 is 5.91 Å². The summed E-state index contributed by atoms with van der Waals surface area (Å²) in [4.78, 5) is 18.8. The van der Waals surface area contributed by atoms with Gasteiger partial charge in [0.05, 0.1) is 0 Å². The number of hydrogen-bond donors (Lipinski definition) is 1. The molecule has 2 heterocycles. The summed E-state index contributed by atoms with van der Waals surface area (Å²) in [6.45, 7) is 2.25. The molecule has 0 aromatic carbocycles. The summed E-state index contributed by atoms with van der Waals surface area (Å²) < 4.78 is 5.47. The first kappa shape index (κ1) is 15.4. The Morgan fingerprint density at radius 1 is 1.45 bits per heavy atom. The van der Waals surface area contributed by atoms with Gasteiger partial charge >= 0.3 is 0 Å². The van der Waals surface area contributed by atoms with E-state index in [9.17, 15) is 4.79 Å². The van der Waals surface area contributed by atoms with Gasteiger partial charge in [0.2, 0.25) is 5.91 Å². The zero-order chi connectivity index (χ0) is 15.6. The van der Waals surface area contributed by atoms with Crippen LogP contribution in [-0.4, -0.2) is 55.2 Å². The van der Waals surface area contributed by atoms with E-state index in [1.165, 1.54) is 5.56 Å². The molecular weight excluding hydrogens is 278 g/mol. The number of nitrogens with one attached hydrogen (secondary N) is 1. The van der Waals surface area contributed by atoms with Gasteiger partial charge in [-0.15, -0.1) is 0 Å². The Morgan fingerprint density at radius 2 is 2.23 bits per heavy atom. The number of rotatable bonds is 5. The number of nitrogens with zero attached hydrogens (tertiary/aromatic N) is 2. The molecule has 2 aliphatic rings. The number of carbonyl (C=O) groups is 1. The Labute approximate surface area is 132 Å². The lowest BCUT2D eigenvalue weighted by molar-refractivity contribution is -0.123. The molecule has 2 fully saturated rings. The van der Waals surface area contributed by atoms with E-state index in [1.54, 1.807) is 6.20 Å². The first-order chi connectivity index (χ1) is 10.6. The summed E-state index contributed by atoms with van der Waals surface area (Å²) in [5, 5.41) is 3.18. The fourth-order valence-corrected chi connectivity index (χ4v) is 3.36. The number of carbonyl (C=O) groups excluding carboxylic acids is 1. The normalized spacial score (nSPS) is 26.7. The van der Waals surface area contributed by atoms with Crippen LogP contribution >= 0.6 is 0 Å². The van der Waals surface area contributed by atoms with E-state index in [2.05, 4.69) is 35.4 Å². The fraction of sp³-hybridized carbons (Fsp3) is 0.647. The van der Waals surface area contributed by atoms with E-state index in [0.717, 1.165) is 32.5 Å². The molecule has 0 spiro atoms. The monoisotopic (exact) mass is 303 g/mol. The molecule has 2 atom stereocenters. The number of ether oxygens (including phenoxy) is 1. The molecule has 1 saturated heterocycles. The average molecular weight is 303 g/mol. The summed E-state index contributed by atoms with van der Waals surface area (Å²) >= 11 is 0. The molecule has 0 bridgehead atoms. The lowest BCUT2D eigenvalue weighted by atomic mass is 9.88. The summed E-state index contributed by atoms with van der Waals surface area (Å²) in [6.07, 6.45) is 6.52. The quantitative estimate of drug-likeness (QED) is 0.893. The van der Waals surface area contributed by atoms with Gasteiger partial charge in [0.15, 0.2) is 0 Å². The standard InChI is InChI=1S/C17H25N3O2/c1-20(2)17(5-8-22-9-6-17)12-19-16(21)15-10-14(15)13-4-3-7-18-11-13/h3-4,7,11,14-15H,5-6,8-10,12H2,1-2H3,(H,19,21). The molecular formula is C17H25N3O2. The van der Waals surface area contributed by atoms with E-state index in [0.29, 0.717) is 12.5 Å². The van der Waals surface area contributed by atoms with Crippen molar-refractivity contribution in [1.82, 2.24) is 15.2 Å². The minimum atomic E-state index is 0.0343. The van der Waals surface area contributed by atoms with Gasteiger partial charge in [-0.05, 0) is 50.9 Å². The van der Waals surface area contributed by atoms with Crippen molar-refractivity contribution in [3.63, 3.8) is 0 Å². The predicted octanol–water partition coefficient (Wildman–Crippen LogP) is 1.41. The Balaban J connectivity index is 1.54. The van der Waals surface area contributed by atoms with Crippen molar-refractivity contribution in [3.05, 3.63) is 30.1 Å². The zero-order valence-electron chi connectivity index (χ0n) is 13.4. The molecule has 22 heavy (non-hydrogen) atoms. The van der Waals surface area contributed by atoms with Crippen molar-refractivity contribution < 1.29 is 9.53 Å². The maximum absolute atomic E-state index is 12.4. The minimum Gasteiger partial charge on any atom is -0.381 e. The van der Waals surface area contributed by atoms with Gasteiger partial charge in [0, 0.05) is 43.6 Å². The van der Waals surface area contributed by atoms with Crippen molar-refractivity contribution in [2.24, 2.45) is 5.92 Å². The lowest BCUT2D eigenvalue weighted by Gasteiger charge is -2.42. The molecule has 1 aliphatic heterocycles. The fourth-order valence-electron chi connectivity index (χ4n) is 3.36. The lowest BCUT2D eigenvalue weighted by Crippen LogP contribution is -2.55. The van der Waals surface area contributed by atoms with Crippen molar-refractivity contribution in [2.45, 2.75) is 30.7 Å². The second-order valence-corrected chi connectivity index (χ2v) is 6.68. The van der Waals surface area contributed by atoms with Crippen LogP contribution in [0.15, 0.2) is 24.5 Å². The van der Waals surface area contributed by atoms with Crippen LogP contribution in [0.3, 0.4) is 0 Å². The Bertz CT molecular complexity index is 512. The highest BCUT2D eigenvalue weighted by atomic mass is 16.5. The van der Waals surface area contributed by atoms with Gasteiger partial charge in [-0.1, -0.05) is 6.07 Å². The number of likely N-dealkylation sites (N-methyl/N-ethyl adjacent to an activating group) is 1. The Morgan fingerprint density at radius 3 is 2.86 bits per heavy atom. The molecule has 1 aliphatic carbocycles. The van der Waals surface area contributed by atoms with Crippen molar-refractivity contribution in [2.75, 3.05) is 33.9 Å². The molecule has 5 nitrogen and oxygen atoms in total. The highest BCUT2D eigenvalue weighted by Crippen LogP contribution is 2.47. The average Bonchev–Trinajstić information content (AvgIpc) is 3.35. The van der Waals surface area contributed by atoms with Gasteiger partial charge in [0.1, 0.15) is 0 Å². The predicted molar refractivity (Wildman–Crippen MR) is 84.6 cm³/mol. The molecule has 1 aromatic rings. The van der Waals surface area contributed by atoms with Crippen LogP contribution in [0.4, 0.5) is 0 Å². The number of aromatic nitrogens is 1. The van der Waals surface area contributed by atoms with Crippen LogP contribution in [-0.2, 0) is 9.53 Å². The van der Waals surface area contributed by atoms with Crippen LogP contribution < -0.4 is 5.32 Å². The second-order valence-electron chi connectivity index (χ2n) is 6.68. The summed E-state index contributed by atoms with van der Waals surface area (Å²) in [5.41, 5.74) is 1.21. The van der Waals surface area contributed by atoms with Crippen LogP contribution in [0.25, 0.3) is 0 Å². The van der Waals surface area contributed by atoms with E-state index in [-0.39, 0.29) is 17.4 Å². The Kier molecular flexibility index (Phi) is 4.45. The van der Waals surface area contributed by atoms with E-state index in [4.69, 9.17) is 4.74 Å². The first-order valence-electron chi connectivity index (χ1n) is 8.05. The third kappa shape index (κ3) is 3.15. The van der Waals surface area contributed by atoms with E-state index < -0.39 is 0 Å². The molecule has 120 valence electrons. The third-order valence-electron chi connectivity index (χ3n) is 5.20. The highest BCUT2D eigenvalue weighted by molar-refractivity contribution is 5.82. The van der Waals surface area contributed by atoms with Gasteiger partial charge in [0.25, 0.3) is 0 Å². The summed E-state index contributed by atoms with van der Waals surface area (Å²) in [5.74, 6) is 0.642. The van der Waals surface area contributed by atoms with Gasteiger partial charge < -0.3 is 15.0 Å². The molecule has 1 saturated carbocycles. The van der Waals surface area contributed by atoms with Gasteiger partial charge in [-0.25, -0.2) is 0 Å². The van der Waals surface area contributed by atoms with Crippen molar-refractivity contribution in [1.29, 1.82) is 0 Å². The van der Waals surface area contributed by atoms with Crippen molar-refractivity contribution in [3.8, 4) is 0 Å². The van der Waals surface area contributed by atoms with E-state index in [1.807, 2.05) is 12.3 Å². The van der Waals surface area contributed by atoms with Crippen LogP contribution in [0.2, 0.25) is 0 Å². The largest absolute Gasteiger partial charge is 0.381 e. The highest BCUT2D eigenvalue weighted by Gasteiger charge is 2.45.